The van der Waals surface area contributed by atoms with E-state index in [9.17, 15) is 9.59 Å². The van der Waals surface area contributed by atoms with Crippen molar-refractivity contribution in [3.05, 3.63) is 35.4 Å². The molecule has 1 aromatic carbocycles. The first kappa shape index (κ1) is 26.2. The van der Waals surface area contributed by atoms with Crippen LogP contribution in [0.15, 0.2) is 24.3 Å². The minimum absolute atomic E-state index is 0.0581. The number of esters is 1. The summed E-state index contributed by atoms with van der Waals surface area (Å²) < 4.78 is 26.6. The lowest BCUT2D eigenvalue weighted by atomic mass is 9.96. The van der Waals surface area contributed by atoms with Gasteiger partial charge in [-0.2, -0.15) is 0 Å². The Morgan fingerprint density at radius 1 is 0.867 bits per heavy atom. The molecule has 0 aliphatic heterocycles. The van der Waals surface area contributed by atoms with Crippen molar-refractivity contribution in [2.45, 2.75) is 39.4 Å². The van der Waals surface area contributed by atoms with Gasteiger partial charge in [0.05, 0.1) is 57.9 Å². The van der Waals surface area contributed by atoms with Crippen molar-refractivity contribution >= 4 is 11.8 Å². The first-order valence-corrected chi connectivity index (χ1v) is 10.1. The van der Waals surface area contributed by atoms with Gasteiger partial charge in [0.15, 0.2) is 5.78 Å². The molecule has 0 bridgehead atoms. The fourth-order valence-corrected chi connectivity index (χ4v) is 2.41. The summed E-state index contributed by atoms with van der Waals surface area (Å²) in [6, 6.07) is 6.25. The number of hydrogen-bond donors (Lipinski definition) is 1. The molecule has 0 unspecified atom stereocenters. The number of rotatable bonds is 16. The van der Waals surface area contributed by atoms with Crippen LogP contribution in [0, 0.1) is 0 Å². The van der Waals surface area contributed by atoms with E-state index in [1.807, 2.05) is 13.8 Å². The third-order valence-corrected chi connectivity index (χ3v) is 4.00. The minimum atomic E-state index is -1.04. The van der Waals surface area contributed by atoms with Gasteiger partial charge >= 0.3 is 5.97 Å². The van der Waals surface area contributed by atoms with Crippen molar-refractivity contribution in [2.24, 2.45) is 0 Å². The van der Waals surface area contributed by atoms with Crippen LogP contribution >= 0.6 is 0 Å². The van der Waals surface area contributed by atoms with Gasteiger partial charge in [0.2, 0.25) is 0 Å². The Balaban J connectivity index is 2.40. The van der Waals surface area contributed by atoms with Gasteiger partial charge in [-0.15, -0.1) is 0 Å². The number of carbonyl (C=O) groups is 2. The number of aliphatic hydroxyl groups excluding tert-OH is 1. The average molecular weight is 427 g/mol. The Bertz CT molecular complexity index is 625. The van der Waals surface area contributed by atoms with Crippen molar-refractivity contribution < 1.29 is 38.4 Å². The molecule has 0 aliphatic carbocycles. The second-order valence-corrected chi connectivity index (χ2v) is 7.27. The normalized spacial score (nSPS) is 11.7. The molecule has 0 radical (unpaired) electrons. The second kappa shape index (κ2) is 14.2. The number of carbonyl (C=O) groups excluding carboxylic acids is 2. The van der Waals surface area contributed by atoms with Gasteiger partial charge in [0.25, 0.3) is 0 Å². The highest BCUT2D eigenvalue weighted by Gasteiger charge is 2.29. The fourth-order valence-electron chi connectivity index (χ4n) is 2.41. The van der Waals surface area contributed by atoms with Crippen molar-refractivity contribution in [3.8, 4) is 0 Å². The van der Waals surface area contributed by atoms with Crippen molar-refractivity contribution in [1.82, 2.24) is 0 Å². The number of ketones is 1. The summed E-state index contributed by atoms with van der Waals surface area (Å²) in [7, 11) is 0. The second-order valence-electron chi connectivity index (χ2n) is 7.27. The monoisotopic (exact) mass is 426 g/mol. The molecule has 30 heavy (non-hydrogen) atoms. The maximum absolute atomic E-state index is 12.7. The van der Waals surface area contributed by atoms with Gasteiger partial charge in [-0.25, -0.2) is 4.79 Å². The standard InChI is InChI=1S/C22H34O8/c1-17(2)28-14-11-27-12-15-29-21(25)19-7-5-18(6-8-19)20(24)22(3,4)30-16-13-26-10-9-23/h5-8,17,23H,9-16H2,1-4H3. The Hall–Kier alpha value is -1.84. The number of benzene rings is 1. The van der Waals surface area contributed by atoms with Crippen molar-refractivity contribution in [1.29, 1.82) is 0 Å². The summed E-state index contributed by atoms with van der Waals surface area (Å²) in [6.45, 7) is 9.31. The Labute approximate surface area is 178 Å². The van der Waals surface area contributed by atoms with E-state index in [1.165, 1.54) is 0 Å². The van der Waals surface area contributed by atoms with Gasteiger partial charge in [-0.3, -0.25) is 4.79 Å². The molecule has 0 atom stereocenters. The largest absolute Gasteiger partial charge is 0.460 e. The molecular weight excluding hydrogens is 392 g/mol. The highest BCUT2D eigenvalue weighted by Crippen LogP contribution is 2.18. The SMILES string of the molecule is CC(C)OCCOCCOC(=O)c1ccc(C(=O)C(C)(C)OCCOCCO)cc1. The quantitative estimate of drug-likeness (QED) is 0.244. The molecule has 1 aromatic rings. The third-order valence-electron chi connectivity index (χ3n) is 4.00. The average Bonchev–Trinajstić information content (AvgIpc) is 2.72. The van der Waals surface area contributed by atoms with Gasteiger partial charge in [0.1, 0.15) is 12.2 Å². The molecule has 0 amide bonds. The van der Waals surface area contributed by atoms with Crippen LogP contribution in [0.25, 0.3) is 0 Å². The van der Waals surface area contributed by atoms with Crippen LogP contribution in [0.5, 0.6) is 0 Å². The number of ether oxygens (including phenoxy) is 5. The van der Waals surface area contributed by atoms with Crippen LogP contribution in [-0.2, 0) is 23.7 Å². The first-order chi connectivity index (χ1) is 14.3. The molecule has 0 saturated heterocycles. The lowest BCUT2D eigenvalue weighted by molar-refractivity contribution is -0.0336. The summed E-state index contributed by atoms with van der Waals surface area (Å²) in [5.74, 6) is -0.686. The summed E-state index contributed by atoms with van der Waals surface area (Å²) in [6.07, 6.45) is 0.157. The van der Waals surface area contributed by atoms with Gasteiger partial charge < -0.3 is 28.8 Å². The van der Waals surface area contributed by atoms with Gasteiger partial charge in [0, 0.05) is 5.56 Å². The molecular formula is C22H34O8. The zero-order valence-electron chi connectivity index (χ0n) is 18.3. The van der Waals surface area contributed by atoms with E-state index in [1.54, 1.807) is 38.1 Å². The highest BCUT2D eigenvalue weighted by molar-refractivity contribution is 6.02. The van der Waals surface area contributed by atoms with Crippen LogP contribution in [0.3, 0.4) is 0 Å². The van der Waals surface area contributed by atoms with E-state index in [0.717, 1.165) is 0 Å². The molecule has 8 nitrogen and oxygen atoms in total. The molecule has 1 rings (SSSR count). The molecule has 1 N–H and O–H groups in total. The van der Waals surface area contributed by atoms with Crippen LogP contribution in [-0.4, -0.2) is 81.4 Å². The van der Waals surface area contributed by atoms with E-state index in [2.05, 4.69) is 0 Å². The lowest BCUT2D eigenvalue weighted by Crippen LogP contribution is -2.36. The zero-order valence-corrected chi connectivity index (χ0v) is 18.3. The zero-order chi connectivity index (χ0) is 22.4. The predicted molar refractivity (Wildman–Crippen MR) is 111 cm³/mol. The maximum Gasteiger partial charge on any atom is 0.338 e. The van der Waals surface area contributed by atoms with Crippen LogP contribution in [0.4, 0.5) is 0 Å². The minimum Gasteiger partial charge on any atom is -0.460 e. The fraction of sp³-hybridized carbons (Fsp3) is 0.636. The third kappa shape index (κ3) is 10.3. The molecule has 0 aliphatic rings. The van der Waals surface area contributed by atoms with E-state index in [4.69, 9.17) is 28.8 Å². The smallest absolute Gasteiger partial charge is 0.338 e. The summed E-state index contributed by atoms with van der Waals surface area (Å²) in [4.78, 5) is 24.7. The molecule has 0 heterocycles. The van der Waals surface area contributed by atoms with Crippen LogP contribution < -0.4 is 0 Å². The summed E-state index contributed by atoms with van der Waals surface area (Å²) >= 11 is 0. The van der Waals surface area contributed by atoms with Crippen LogP contribution in [0.2, 0.25) is 0 Å². The topological polar surface area (TPSA) is 101 Å². The van der Waals surface area contributed by atoms with E-state index < -0.39 is 11.6 Å². The highest BCUT2D eigenvalue weighted by atomic mass is 16.6. The first-order valence-electron chi connectivity index (χ1n) is 10.1. The lowest BCUT2D eigenvalue weighted by Gasteiger charge is -2.24. The predicted octanol–water partition coefficient (Wildman–Crippen LogP) is 2.27. The van der Waals surface area contributed by atoms with Crippen molar-refractivity contribution in [2.75, 3.05) is 52.9 Å². The van der Waals surface area contributed by atoms with E-state index >= 15 is 0 Å². The van der Waals surface area contributed by atoms with Gasteiger partial charge in [-0.1, -0.05) is 12.1 Å². The number of aliphatic hydroxyl groups is 1. The number of hydrogen-bond acceptors (Lipinski definition) is 8. The Morgan fingerprint density at radius 2 is 1.43 bits per heavy atom. The molecule has 170 valence electrons. The van der Waals surface area contributed by atoms with Crippen molar-refractivity contribution in [3.63, 3.8) is 0 Å². The summed E-state index contributed by atoms with van der Waals surface area (Å²) in [5, 5.41) is 8.67. The molecule has 0 spiro atoms. The summed E-state index contributed by atoms with van der Waals surface area (Å²) in [5.41, 5.74) is -0.256. The number of Topliss-reactive ketones (excluding diaryl/α,β-unsaturated/α-hetero) is 1. The van der Waals surface area contributed by atoms with E-state index in [-0.39, 0.29) is 51.5 Å². The Morgan fingerprint density at radius 3 is 2.07 bits per heavy atom. The maximum atomic E-state index is 12.7. The van der Waals surface area contributed by atoms with Gasteiger partial charge in [-0.05, 0) is 39.8 Å². The Kier molecular flexibility index (Phi) is 12.4. The molecule has 8 heteroatoms. The molecule has 0 aromatic heterocycles. The molecule has 0 fully saturated rings. The van der Waals surface area contributed by atoms with Crippen LogP contribution in [0.1, 0.15) is 48.4 Å². The van der Waals surface area contributed by atoms with E-state index in [0.29, 0.717) is 24.3 Å². The molecule has 0 saturated carbocycles.